The molecule has 0 aliphatic heterocycles. The lowest BCUT2D eigenvalue weighted by molar-refractivity contribution is -0.121. The Morgan fingerprint density at radius 2 is 1.85 bits per heavy atom. The van der Waals surface area contributed by atoms with Crippen LogP contribution in [0.5, 0.6) is 0 Å². The van der Waals surface area contributed by atoms with Gasteiger partial charge >= 0.3 is 0 Å². The van der Waals surface area contributed by atoms with Crippen molar-refractivity contribution in [3.05, 3.63) is 35.9 Å². The molecule has 0 unspecified atom stereocenters. The number of hydrogen-bond acceptors (Lipinski definition) is 2. The molecule has 0 aliphatic carbocycles. The number of benzene rings is 1. The molecule has 1 aromatic rings. The minimum Gasteiger partial charge on any atom is -0.393 e. The summed E-state index contributed by atoms with van der Waals surface area (Å²) in [6, 6.07) is 9.98. The Kier molecular flexibility index (Phi) is 7.97. The Bertz CT molecular complexity index is 378. The first kappa shape index (κ1) is 16.7. The molecule has 1 aromatic carbocycles. The van der Waals surface area contributed by atoms with E-state index in [0.717, 1.165) is 31.2 Å². The summed E-state index contributed by atoms with van der Waals surface area (Å²) >= 11 is 0. The van der Waals surface area contributed by atoms with Crippen LogP contribution >= 0.6 is 0 Å². The van der Waals surface area contributed by atoms with Crippen molar-refractivity contribution >= 4 is 5.91 Å². The van der Waals surface area contributed by atoms with Crippen molar-refractivity contribution in [2.24, 2.45) is 0 Å². The smallest absolute Gasteiger partial charge is 0.220 e. The van der Waals surface area contributed by atoms with Crippen LogP contribution < -0.4 is 5.32 Å². The van der Waals surface area contributed by atoms with Gasteiger partial charge in [-0.25, -0.2) is 0 Å². The number of rotatable bonds is 9. The summed E-state index contributed by atoms with van der Waals surface area (Å²) in [6.45, 7) is 4.11. The predicted molar refractivity (Wildman–Crippen MR) is 82.4 cm³/mol. The van der Waals surface area contributed by atoms with E-state index in [1.54, 1.807) is 0 Å². The molecule has 0 aromatic heterocycles. The van der Waals surface area contributed by atoms with E-state index < -0.39 is 0 Å². The van der Waals surface area contributed by atoms with Gasteiger partial charge in [0.1, 0.15) is 0 Å². The highest BCUT2D eigenvalue weighted by Crippen LogP contribution is 2.12. The molecule has 1 amide bonds. The SMILES string of the molecule is CCCC[C@H](O)CCCC(=O)N[C@@H](C)c1ccccc1. The van der Waals surface area contributed by atoms with Gasteiger partial charge in [0.05, 0.1) is 12.1 Å². The standard InChI is InChI=1S/C17H27NO2/c1-3-4-11-16(19)12-8-13-17(20)18-14(2)15-9-6-5-7-10-15/h5-7,9-10,14,16,19H,3-4,8,11-13H2,1-2H3,(H,18,20)/t14-,16-/m0/s1. The largest absolute Gasteiger partial charge is 0.393 e. The van der Waals surface area contributed by atoms with Crippen LogP contribution in [0.2, 0.25) is 0 Å². The topological polar surface area (TPSA) is 49.3 Å². The van der Waals surface area contributed by atoms with Crippen molar-refractivity contribution in [3.8, 4) is 0 Å². The lowest BCUT2D eigenvalue weighted by Crippen LogP contribution is -2.26. The minimum atomic E-state index is -0.255. The van der Waals surface area contributed by atoms with Gasteiger partial charge in [-0.3, -0.25) is 4.79 Å². The van der Waals surface area contributed by atoms with Crippen molar-refractivity contribution < 1.29 is 9.90 Å². The zero-order chi connectivity index (χ0) is 14.8. The van der Waals surface area contributed by atoms with Gasteiger partial charge in [0.25, 0.3) is 0 Å². The van der Waals surface area contributed by atoms with Crippen molar-refractivity contribution in [3.63, 3.8) is 0 Å². The summed E-state index contributed by atoms with van der Waals surface area (Å²) in [5, 5.41) is 12.7. The van der Waals surface area contributed by atoms with Gasteiger partial charge < -0.3 is 10.4 Å². The summed E-state index contributed by atoms with van der Waals surface area (Å²) in [6.07, 6.45) is 4.70. The summed E-state index contributed by atoms with van der Waals surface area (Å²) in [5.74, 6) is 0.0593. The van der Waals surface area contributed by atoms with E-state index in [0.29, 0.717) is 12.8 Å². The van der Waals surface area contributed by atoms with Crippen molar-refractivity contribution in [1.82, 2.24) is 5.32 Å². The summed E-state index contributed by atoms with van der Waals surface area (Å²) in [5.41, 5.74) is 1.11. The molecule has 2 atom stereocenters. The molecule has 0 aliphatic rings. The van der Waals surface area contributed by atoms with Gasteiger partial charge in [0, 0.05) is 6.42 Å². The second-order valence-electron chi connectivity index (χ2n) is 5.39. The van der Waals surface area contributed by atoms with Crippen molar-refractivity contribution in [2.45, 2.75) is 64.5 Å². The van der Waals surface area contributed by atoms with E-state index >= 15 is 0 Å². The lowest BCUT2D eigenvalue weighted by Gasteiger charge is -2.15. The van der Waals surface area contributed by atoms with Crippen LogP contribution in [0.1, 0.15) is 64.0 Å². The predicted octanol–water partition coefficient (Wildman–Crippen LogP) is 3.59. The van der Waals surface area contributed by atoms with E-state index in [4.69, 9.17) is 0 Å². The molecule has 3 heteroatoms. The van der Waals surface area contributed by atoms with E-state index in [1.165, 1.54) is 0 Å². The number of carbonyl (C=O) groups is 1. The molecule has 20 heavy (non-hydrogen) atoms. The molecule has 112 valence electrons. The molecule has 0 radical (unpaired) electrons. The number of carbonyl (C=O) groups excluding carboxylic acids is 1. The molecule has 1 rings (SSSR count). The number of aliphatic hydroxyl groups is 1. The Balaban J connectivity index is 2.20. The highest BCUT2D eigenvalue weighted by atomic mass is 16.3. The molecular formula is C17H27NO2. The van der Waals surface area contributed by atoms with Gasteiger partial charge in [-0.15, -0.1) is 0 Å². The first-order chi connectivity index (χ1) is 9.63. The van der Waals surface area contributed by atoms with Crippen LogP contribution in [-0.4, -0.2) is 17.1 Å². The number of unbranched alkanes of at least 4 members (excludes halogenated alkanes) is 1. The molecule has 3 nitrogen and oxygen atoms in total. The van der Waals surface area contributed by atoms with Crippen LogP contribution in [0.3, 0.4) is 0 Å². The first-order valence-electron chi connectivity index (χ1n) is 7.65. The van der Waals surface area contributed by atoms with E-state index in [2.05, 4.69) is 12.2 Å². The van der Waals surface area contributed by atoms with Crippen LogP contribution in [0.25, 0.3) is 0 Å². The Morgan fingerprint density at radius 1 is 1.20 bits per heavy atom. The molecular weight excluding hydrogens is 250 g/mol. The Morgan fingerprint density at radius 3 is 2.50 bits per heavy atom. The third-order valence-electron chi connectivity index (χ3n) is 3.51. The molecule has 0 heterocycles. The normalized spacial score (nSPS) is 13.8. The molecule has 0 saturated heterocycles. The quantitative estimate of drug-likeness (QED) is 0.724. The third kappa shape index (κ3) is 6.71. The zero-order valence-electron chi connectivity index (χ0n) is 12.6. The first-order valence-corrected chi connectivity index (χ1v) is 7.65. The van der Waals surface area contributed by atoms with Crippen LogP contribution in [-0.2, 0) is 4.79 Å². The number of nitrogens with one attached hydrogen (secondary N) is 1. The van der Waals surface area contributed by atoms with Crippen LogP contribution in [0.4, 0.5) is 0 Å². The summed E-state index contributed by atoms with van der Waals surface area (Å²) < 4.78 is 0. The molecule has 0 fully saturated rings. The highest BCUT2D eigenvalue weighted by Gasteiger charge is 2.10. The monoisotopic (exact) mass is 277 g/mol. The lowest BCUT2D eigenvalue weighted by atomic mass is 10.1. The fourth-order valence-corrected chi connectivity index (χ4v) is 2.22. The fraction of sp³-hybridized carbons (Fsp3) is 0.588. The van der Waals surface area contributed by atoms with Crippen LogP contribution in [0, 0.1) is 0 Å². The fourth-order valence-electron chi connectivity index (χ4n) is 2.22. The van der Waals surface area contributed by atoms with Crippen LogP contribution in [0.15, 0.2) is 30.3 Å². The second-order valence-corrected chi connectivity index (χ2v) is 5.39. The maximum absolute atomic E-state index is 11.8. The van der Waals surface area contributed by atoms with E-state index in [9.17, 15) is 9.90 Å². The zero-order valence-corrected chi connectivity index (χ0v) is 12.6. The third-order valence-corrected chi connectivity index (χ3v) is 3.51. The maximum atomic E-state index is 11.8. The Hall–Kier alpha value is -1.35. The maximum Gasteiger partial charge on any atom is 0.220 e. The Labute approximate surface area is 122 Å². The minimum absolute atomic E-state index is 0.0358. The number of hydrogen-bond donors (Lipinski definition) is 2. The average Bonchev–Trinajstić information content (AvgIpc) is 2.46. The average molecular weight is 277 g/mol. The number of amides is 1. The highest BCUT2D eigenvalue weighted by molar-refractivity contribution is 5.76. The summed E-state index contributed by atoms with van der Waals surface area (Å²) in [4.78, 5) is 11.8. The molecule has 2 N–H and O–H groups in total. The van der Waals surface area contributed by atoms with E-state index in [1.807, 2.05) is 37.3 Å². The second kappa shape index (κ2) is 9.54. The van der Waals surface area contributed by atoms with E-state index in [-0.39, 0.29) is 18.1 Å². The van der Waals surface area contributed by atoms with Gasteiger partial charge in [-0.2, -0.15) is 0 Å². The molecule has 0 saturated carbocycles. The molecule has 0 bridgehead atoms. The van der Waals surface area contributed by atoms with Gasteiger partial charge in [0.15, 0.2) is 0 Å². The van der Waals surface area contributed by atoms with Gasteiger partial charge in [-0.1, -0.05) is 50.1 Å². The number of aliphatic hydroxyl groups excluding tert-OH is 1. The van der Waals surface area contributed by atoms with Gasteiger partial charge in [0.2, 0.25) is 5.91 Å². The molecule has 0 spiro atoms. The summed E-state index contributed by atoms with van der Waals surface area (Å²) in [7, 11) is 0. The van der Waals surface area contributed by atoms with Crippen molar-refractivity contribution in [1.29, 1.82) is 0 Å². The van der Waals surface area contributed by atoms with Gasteiger partial charge in [-0.05, 0) is 31.7 Å². The van der Waals surface area contributed by atoms with Crippen molar-refractivity contribution in [2.75, 3.05) is 0 Å².